The Labute approximate surface area is 140 Å². The third kappa shape index (κ3) is 3.84. The van der Waals surface area contributed by atoms with Crippen LogP contribution in [-0.2, 0) is 0 Å². The minimum absolute atomic E-state index is 0.0740. The Morgan fingerprint density at radius 3 is 1.46 bits per heavy atom. The molecule has 0 unspecified atom stereocenters. The van der Waals surface area contributed by atoms with Crippen LogP contribution in [-0.4, -0.2) is 35.9 Å². The third-order valence-corrected chi connectivity index (χ3v) is 3.54. The first kappa shape index (κ1) is 17.3. The van der Waals surface area contributed by atoms with Gasteiger partial charge >= 0.3 is 0 Å². The molecule has 6 nitrogen and oxygen atoms in total. The molecule has 2 aromatic rings. The second kappa shape index (κ2) is 7.50. The van der Waals surface area contributed by atoms with Crippen molar-refractivity contribution in [2.75, 3.05) is 14.2 Å². The number of phenolic OH excluding ortho intramolecular Hbond substituents is 2. The number of aromatic hydroxyl groups is 2. The number of rotatable bonds is 5. The van der Waals surface area contributed by atoms with Crippen molar-refractivity contribution in [1.82, 2.24) is 0 Å². The zero-order chi connectivity index (χ0) is 17.7. The molecule has 0 atom stereocenters. The highest BCUT2D eigenvalue weighted by atomic mass is 16.5. The number of phenols is 2. The van der Waals surface area contributed by atoms with Crippen molar-refractivity contribution in [1.29, 1.82) is 0 Å². The minimum Gasteiger partial charge on any atom is -0.504 e. The highest BCUT2D eigenvalue weighted by Crippen LogP contribution is 2.27. The van der Waals surface area contributed by atoms with E-state index in [9.17, 15) is 10.2 Å². The van der Waals surface area contributed by atoms with Crippen molar-refractivity contribution in [2.45, 2.75) is 13.8 Å². The van der Waals surface area contributed by atoms with E-state index in [1.165, 1.54) is 14.2 Å². The lowest BCUT2D eigenvalue weighted by molar-refractivity contribution is 0.373. The van der Waals surface area contributed by atoms with E-state index >= 15 is 0 Å². The number of nitrogens with zero attached hydrogens (tertiary/aromatic N) is 2. The molecule has 0 spiro atoms. The van der Waals surface area contributed by atoms with Crippen molar-refractivity contribution >= 4 is 11.4 Å². The van der Waals surface area contributed by atoms with Crippen LogP contribution in [0.1, 0.15) is 25.0 Å². The van der Waals surface area contributed by atoms with Gasteiger partial charge in [-0.2, -0.15) is 10.2 Å². The Balaban J connectivity index is 2.28. The van der Waals surface area contributed by atoms with Gasteiger partial charge in [0.05, 0.1) is 25.6 Å². The standard InChI is InChI=1S/C18H20N2O4/c1-11(13-5-7-15(21)17(9-13)23-3)19-20-12(2)14-6-8-16(22)18(10-14)24-4/h5-10,21-22H,1-4H3/b19-11+,20-12+. The molecule has 0 saturated carbocycles. The number of hydrogen-bond donors (Lipinski definition) is 2. The van der Waals surface area contributed by atoms with Gasteiger partial charge in [-0.05, 0) is 50.2 Å². The highest BCUT2D eigenvalue weighted by Gasteiger charge is 2.06. The summed E-state index contributed by atoms with van der Waals surface area (Å²) in [5.74, 6) is 0.909. The topological polar surface area (TPSA) is 83.6 Å². The van der Waals surface area contributed by atoms with Gasteiger partial charge in [0.25, 0.3) is 0 Å². The van der Waals surface area contributed by atoms with Crippen molar-refractivity contribution < 1.29 is 19.7 Å². The molecule has 0 bridgehead atoms. The van der Waals surface area contributed by atoms with Gasteiger partial charge in [-0.25, -0.2) is 0 Å². The van der Waals surface area contributed by atoms with Crippen molar-refractivity contribution in [3.8, 4) is 23.0 Å². The van der Waals surface area contributed by atoms with E-state index < -0.39 is 0 Å². The first-order valence-electron chi connectivity index (χ1n) is 7.30. The summed E-state index contributed by atoms with van der Waals surface area (Å²) >= 11 is 0. The summed E-state index contributed by atoms with van der Waals surface area (Å²) in [6.07, 6.45) is 0. The Kier molecular flexibility index (Phi) is 5.42. The largest absolute Gasteiger partial charge is 0.504 e. The Hall–Kier alpha value is -3.02. The van der Waals surface area contributed by atoms with Crippen LogP contribution in [0.5, 0.6) is 23.0 Å². The molecule has 2 aromatic carbocycles. The van der Waals surface area contributed by atoms with Crippen LogP contribution in [0.4, 0.5) is 0 Å². The van der Waals surface area contributed by atoms with Gasteiger partial charge in [0.1, 0.15) is 0 Å². The number of hydrogen-bond acceptors (Lipinski definition) is 6. The molecule has 0 saturated heterocycles. The van der Waals surface area contributed by atoms with Gasteiger partial charge in [-0.1, -0.05) is 0 Å². The summed E-state index contributed by atoms with van der Waals surface area (Å²) < 4.78 is 10.2. The second-order valence-electron chi connectivity index (χ2n) is 5.14. The fraction of sp³-hybridized carbons (Fsp3) is 0.222. The minimum atomic E-state index is 0.0740. The van der Waals surface area contributed by atoms with Crippen molar-refractivity contribution in [2.24, 2.45) is 10.2 Å². The van der Waals surface area contributed by atoms with Crippen LogP contribution in [0.2, 0.25) is 0 Å². The zero-order valence-corrected chi connectivity index (χ0v) is 14.1. The van der Waals surface area contributed by atoms with Crippen LogP contribution < -0.4 is 9.47 Å². The summed E-state index contributed by atoms with van der Waals surface area (Å²) in [4.78, 5) is 0. The first-order chi connectivity index (χ1) is 11.5. The molecule has 126 valence electrons. The molecule has 0 aliphatic carbocycles. The van der Waals surface area contributed by atoms with Crippen LogP contribution in [0.3, 0.4) is 0 Å². The molecule has 24 heavy (non-hydrogen) atoms. The van der Waals surface area contributed by atoms with Crippen molar-refractivity contribution in [3.05, 3.63) is 47.5 Å². The fourth-order valence-electron chi connectivity index (χ4n) is 2.07. The van der Waals surface area contributed by atoms with E-state index in [-0.39, 0.29) is 11.5 Å². The van der Waals surface area contributed by atoms with Crippen LogP contribution >= 0.6 is 0 Å². The lowest BCUT2D eigenvalue weighted by Gasteiger charge is -2.07. The SMILES string of the molecule is COc1cc(/C(C)=N/N=C(\C)c2ccc(O)c(OC)c2)ccc1O. The van der Waals surface area contributed by atoms with E-state index in [1.54, 1.807) is 36.4 Å². The van der Waals surface area contributed by atoms with Crippen LogP contribution in [0.15, 0.2) is 46.6 Å². The van der Waals surface area contributed by atoms with E-state index in [2.05, 4.69) is 10.2 Å². The number of methoxy groups -OCH3 is 2. The molecule has 0 heterocycles. The maximum Gasteiger partial charge on any atom is 0.161 e. The number of ether oxygens (including phenoxy) is 2. The van der Waals surface area contributed by atoms with E-state index in [0.717, 1.165) is 11.1 Å². The summed E-state index contributed by atoms with van der Waals surface area (Å²) in [7, 11) is 2.98. The van der Waals surface area contributed by atoms with Gasteiger partial charge in [0.2, 0.25) is 0 Å². The molecule has 0 aliphatic heterocycles. The molecule has 0 aromatic heterocycles. The average Bonchev–Trinajstić information content (AvgIpc) is 2.60. The Bertz CT molecular complexity index is 730. The van der Waals surface area contributed by atoms with Crippen molar-refractivity contribution in [3.63, 3.8) is 0 Å². The molecule has 2 N–H and O–H groups in total. The lowest BCUT2D eigenvalue weighted by Crippen LogP contribution is -1.98. The van der Waals surface area contributed by atoms with Gasteiger partial charge in [-0.3, -0.25) is 0 Å². The molecular weight excluding hydrogens is 308 g/mol. The van der Waals surface area contributed by atoms with Gasteiger partial charge in [0.15, 0.2) is 23.0 Å². The molecule has 6 heteroatoms. The van der Waals surface area contributed by atoms with E-state index in [4.69, 9.17) is 9.47 Å². The summed E-state index contributed by atoms with van der Waals surface area (Å²) in [5, 5.41) is 27.7. The van der Waals surface area contributed by atoms with E-state index in [0.29, 0.717) is 22.9 Å². The molecule has 0 amide bonds. The zero-order valence-electron chi connectivity index (χ0n) is 14.1. The maximum absolute atomic E-state index is 9.63. The van der Waals surface area contributed by atoms with Gasteiger partial charge in [0, 0.05) is 11.1 Å². The Morgan fingerprint density at radius 1 is 0.750 bits per heavy atom. The molecule has 0 fully saturated rings. The fourth-order valence-corrected chi connectivity index (χ4v) is 2.07. The molecule has 0 radical (unpaired) electrons. The van der Waals surface area contributed by atoms with Gasteiger partial charge in [-0.15, -0.1) is 0 Å². The monoisotopic (exact) mass is 328 g/mol. The quantitative estimate of drug-likeness (QED) is 0.651. The smallest absolute Gasteiger partial charge is 0.161 e. The normalized spacial score (nSPS) is 12.2. The number of benzene rings is 2. The average molecular weight is 328 g/mol. The first-order valence-corrected chi connectivity index (χ1v) is 7.30. The summed E-state index contributed by atoms with van der Waals surface area (Å²) in [6, 6.07) is 9.98. The summed E-state index contributed by atoms with van der Waals surface area (Å²) in [6.45, 7) is 3.64. The van der Waals surface area contributed by atoms with Crippen LogP contribution in [0, 0.1) is 0 Å². The third-order valence-electron chi connectivity index (χ3n) is 3.54. The molecule has 2 rings (SSSR count). The maximum atomic E-state index is 9.63. The summed E-state index contributed by atoms with van der Waals surface area (Å²) in [5.41, 5.74) is 2.95. The Morgan fingerprint density at radius 2 is 1.12 bits per heavy atom. The molecular formula is C18H20N2O4. The van der Waals surface area contributed by atoms with Crippen LogP contribution in [0.25, 0.3) is 0 Å². The predicted octanol–water partition coefficient (Wildman–Crippen LogP) is 3.35. The highest BCUT2D eigenvalue weighted by molar-refractivity contribution is 6.02. The lowest BCUT2D eigenvalue weighted by atomic mass is 10.1. The second-order valence-corrected chi connectivity index (χ2v) is 5.14. The van der Waals surface area contributed by atoms with Gasteiger partial charge < -0.3 is 19.7 Å². The predicted molar refractivity (Wildman–Crippen MR) is 93.7 cm³/mol. The van der Waals surface area contributed by atoms with E-state index in [1.807, 2.05) is 13.8 Å². The molecule has 0 aliphatic rings.